The number of nitrogens with one attached hydrogen (secondary N) is 2. The highest BCUT2D eigenvalue weighted by atomic mass is 35.5. The van der Waals surface area contributed by atoms with Gasteiger partial charge >= 0.3 is 0 Å². The van der Waals surface area contributed by atoms with Crippen molar-refractivity contribution in [1.29, 1.82) is 0 Å². The smallest absolute Gasteiger partial charge is 0.227 e. The fraction of sp³-hybridized carbons (Fsp3) is 0.900. The lowest BCUT2D eigenvalue weighted by Gasteiger charge is -2.32. The molecule has 0 spiro atoms. The fourth-order valence-corrected chi connectivity index (χ4v) is 1.73. The molecule has 1 fully saturated rings. The van der Waals surface area contributed by atoms with Crippen molar-refractivity contribution >= 4 is 18.3 Å². The normalized spacial score (nSPS) is 25.5. The van der Waals surface area contributed by atoms with Gasteiger partial charge in [-0.15, -0.1) is 12.4 Å². The van der Waals surface area contributed by atoms with Crippen molar-refractivity contribution in [3.63, 3.8) is 0 Å². The van der Waals surface area contributed by atoms with Crippen molar-refractivity contribution in [2.24, 2.45) is 5.41 Å². The average Bonchev–Trinajstić information content (AvgIpc) is 2.19. The molecule has 0 aromatic rings. The van der Waals surface area contributed by atoms with Crippen LogP contribution in [-0.4, -0.2) is 39.3 Å². The molecule has 2 N–H and O–H groups in total. The molecule has 1 amide bonds. The van der Waals surface area contributed by atoms with Crippen LogP contribution in [0.2, 0.25) is 0 Å². The van der Waals surface area contributed by atoms with Crippen LogP contribution in [-0.2, 0) is 9.53 Å². The van der Waals surface area contributed by atoms with Gasteiger partial charge in [-0.25, -0.2) is 0 Å². The Labute approximate surface area is 97.5 Å². The molecule has 0 aromatic carbocycles. The first kappa shape index (κ1) is 14.7. The first-order chi connectivity index (χ1) is 6.69. The highest BCUT2D eigenvalue weighted by Crippen LogP contribution is 2.25. The Kier molecular flexibility index (Phi) is 6.89. The summed E-state index contributed by atoms with van der Waals surface area (Å²) in [6, 6.07) is 0. The summed E-state index contributed by atoms with van der Waals surface area (Å²) >= 11 is 0. The molecule has 1 aliphatic rings. The van der Waals surface area contributed by atoms with Crippen LogP contribution < -0.4 is 10.6 Å². The Morgan fingerprint density at radius 2 is 2.33 bits per heavy atom. The third kappa shape index (κ3) is 4.36. The topological polar surface area (TPSA) is 50.4 Å². The zero-order valence-electron chi connectivity index (χ0n) is 9.47. The van der Waals surface area contributed by atoms with E-state index in [0.717, 1.165) is 25.9 Å². The van der Waals surface area contributed by atoms with Crippen molar-refractivity contribution in [1.82, 2.24) is 10.6 Å². The quantitative estimate of drug-likeness (QED) is 0.702. The fourth-order valence-electron chi connectivity index (χ4n) is 1.73. The van der Waals surface area contributed by atoms with Crippen LogP contribution in [0.15, 0.2) is 0 Å². The maximum absolute atomic E-state index is 11.8. The predicted octanol–water partition coefficient (Wildman–Crippen LogP) is 0.560. The van der Waals surface area contributed by atoms with E-state index in [1.165, 1.54) is 0 Å². The molecule has 4 nitrogen and oxygen atoms in total. The second kappa shape index (κ2) is 7.04. The molecule has 1 rings (SSSR count). The van der Waals surface area contributed by atoms with Gasteiger partial charge in [0.15, 0.2) is 0 Å². The third-order valence-corrected chi connectivity index (χ3v) is 2.74. The summed E-state index contributed by atoms with van der Waals surface area (Å²) < 4.78 is 4.88. The maximum atomic E-state index is 11.8. The summed E-state index contributed by atoms with van der Waals surface area (Å²) in [4.78, 5) is 11.8. The zero-order valence-corrected chi connectivity index (χ0v) is 10.3. The standard InChI is InChI=1S/C10H20N2O2.ClH/c1-10(4-3-5-11-8-10)9(13)12-6-7-14-2;/h11H,3-8H2,1-2H3,(H,12,13);1H. The van der Waals surface area contributed by atoms with Crippen molar-refractivity contribution in [3.05, 3.63) is 0 Å². The maximum Gasteiger partial charge on any atom is 0.227 e. The second-order valence-corrected chi connectivity index (χ2v) is 4.09. The minimum Gasteiger partial charge on any atom is -0.383 e. The highest BCUT2D eigenvalue weighted by Gasteiger charge is 2.34. The summed E-state index contributed by atoms with van der Waals surface area (Å²) in [5.74, 6) is 0.141. The number of rotatable bonds is 4. The largest absolute Gasteiger partial charge is 0.383 e. The average molecular weight is 237 g/mol. The minimum absolute atomic E-state index is 0. The first-order valence-corrected chi connectivity index (χ1v) is 5.17. The molecule has 1 heterocycles. The lowest BCUT2D eigenvalue weighted by atomic mass is 9.82. The van der Waals surface area contributed by atoms with Gasteiger partial charge < -0.3 is 15.4 Å². The summed E-state index contributed by atoms with van der Waals surface area (Å²) in [5, 5.41) is 6.14. The monoisotopic (exact) mass is 236 g/mol. The highest BCUT2D eigenvalue weighted by molar-refractivity contribution is 5.85. The zero-order chi connectivity index (χ0) is 10.4. The molecular weight excluding hydrogens is 216 g/mol. The lowest BCUT2D eigenvalue weighted by Crippen LogP contribution is -2.49. The van der Waals surface area contributed by atoms with Gasteiger partial charge in [-0.3, -0.25) is 4.79 Å². The van der Waals surface area contributed by atoms with E-state index >= 15 is 0 Å². The molecule has 1 aliphatic heterocycles. The van der Waals surface area contributed by atoms with Gasteiger partial charge in [-0.05, 0) is 26.3 Å². The van der Waals surface area contributed by atoms with Crippen LogP contribution in [0.5, 0.6) is 0 Å². The van der Waals surface area contributed by atoms with E-state index in [1.54, 1.807) is 7.11 Å². The van der Waals surface area contributed by atoms with Crippen molar-refractivity contribution in [3.8, 4) is 0 Å². The number of methoxy groups -OCH3 is 1. The summed E-state index contributed by atoms with van der Waals surface area (Å²) in [6.45, 7) is 5.01. The molecule has 1 unspecified atom stereocenters. The van der Waals surface area contributed by atoms with Crippen LogP contribution in [0, 0.1) is 5.41 Å². The van der Waals surface area contributed by atoms with Crippen LogP contribution in [0.25, 0.3) is 0 Å². The van der Waals surface area contributed by atoms with E-state index in [0.29, 0.717) is 13.2 Å². The number of amides is 1. The molecule has 90 valence electrons. The van der Waals surface area contributed by atoms with Crippen LogP contribution >= 0.6 is 12.4 Å². The molecule has 0 radical (unpaired) electrons. The van der Waals surface area contributed by atoms with E-state index in [4.69, 9.17) is 4.74 Å². The number of carbonyl (C=O) groups is 1. The first-order valence-electron chi connectivity index (χ1n) is 5.17. The van der Waals surface area contributed by atoms with E-state index in [-0.39, 0.29) is 23.7 Å². The Hall–Kier alpha value is -0.320. The predicted molar refractivity (Wildman–Crippen MR) is 62.3 cm³/mol. The second-order valence-electron chi connectivity index (χ2n) is 4.09. The van der Waals surface area contributed by atoms with E-state index in [9.17, 15) is 4.79 Å². The van der Waals surface area contributed by atoms with Gasteiger partial charge in [-0.1, -0.05) is 0 Å². The Balaban J connectivity index is 0.00000196. The summed E-state index contributed by atoms with van der Waals surface area (Å²) in [5.41, 5.74) is -0.230. The van der Waals surface area contributed by atoms with Gasteiger partial charge in [0.1, 0.15) is 0 Å². The van der Waals surface area contributed by atoms with Gasteiger partial charge in [0, 0.05) is 20.2 Å². The Bertz CT molecular complexity index is 194. The molecule has 0 saturated carbocycles. The third-order valence-electron chi connectivity index (χ3n) is 2.74. The van der Waals surface area contributed by atoms with Gasteiger partial charge in [-0.2, -0.15) is 0 Å². The van der Waals surface area contributed by atoms with Crippen molar-refractivity contribution in [2.45, 2.75) is 19.8 Å². The van der Waals surface area contributed by atoms with Crippen LogP contribution in [0.1, 0.15) is 19.8 Å². The van der Waals surface area contributed by atoms with Gasteiger partial charge in [0.2, 0.25) is 5.91 Å². The molecule has 1 saturated heterocycles. The number of piperidine rings is 1. The van der Waals surface area contributed by atoms with Crippen molar-refractivity contribution < 1.29 is 9.53 Å². The van der Waals surface area contributed by atoms with Gasteiger partial charge in [0.25, 0.3) is 0 Å². The number of hydrogen-bond acceptors (Lipinski definition) is 3. The summed E-state index contributed by atoms with van der Waals surface area (Å²) in [6.07, 6.45) is 2.05. The van der Waals surface area contributed by atoms with Crippen molar-refractivity contribution in [2.75, 3.05) is 33.4 Å². The number of hydrogen-bond donors (Lipinski definition) is 2. The summed E-state index contributed by atoms with van der Waals surface area (Å²) in [7, 11) is 1.63. The molecule has 15 heavy (non-hydrogen) atoms. The molecule has 1 atom stereocenters. The van der Waals surface area contributed by atoms with Gasteiger partial charge in [0.05, 0.1) is 12.0 Å². The van der Waals surface area contributed by atoms with Crippen LogP contribution in [0.3, 0.4) is 0 Å². The minimum atomic E-state index is -0.230. The van der Waals surface area contributed by atoms with E-state index < -0.39 is 0 Å². The molecule has 0 bridgehead atoms. The molecule has 0 aliphatic carbocycles. The number of ether oxygens (including phenoxy) is 1. The Morgan fingerprint density at radius 3 is 2.87 bits per heavy atom. The SMILES string of the molecule is COCCNC(=O)C1(C)CCCNC1.Cl. The Morgan fingerprint density at radius 1 is 1.60 bits per heavy atom. The van der Waals surface area contributed by atoms with E-state index in [2.05, 4.69) is 10.6 Å². The number of carbonyl (C=O) groups excluding carboxylic acids is 1. The lowest BCUT2D eigenvalue weighted by molar-refractivity contribution is -0.131. The molecular formula is C10H21ClN2O2. The molecule has 0 aromatic heterocycles. The number of halogens is 1. The van der Waals surface area contributed by atoms with Crippen LogP contribution in [0.4, 0.5) is 0 Å². The molecule has 5 heteroatoms. The van der Waals surface area contributed by atoms with E-state index in [1.807, 2.05) is 6.92 Å².